The van der Waals surface area contributed by atoms with Crippen molar-refractivity contribution in [2.45, 2.75) is 151 Å². The topological polar surface area (TPSA) is 55.7 Å². The molecule has 0 saturated heterocycles. The fraction of sp³-hybridized carbons (Fsp3) is 0.581. The van der Waals surface area contributed by atoms with E-state index in [4.69, 9.17) is 12.9 Å². The van der Waals surface area contributed by atoms with E-state index in [0.717, 1.165) is 39.5 Å². The summed E-state index contributed by atoms with van der Waals surface area (Å²) in [5, 5.41) is 12.9. The van der Waals surface area contributed by atoms with E-state index in [9.17, 15) is 5.11 Å². The van der Waals surface area contributed by atoms with Crippen LogP contribution in [0, 0.1) is 12.8 Å². The predicted molar refractivity (Wildman–Crippen MR) is 207 cm³/mol. The minimum absolute atomic E-state index is 0.0487. The minimum atomic E-state index is -1.76. The van der Waals surface area contributed by atoms with Crippen molar-refractivity contribution in [1.82, 2.24) is 0 Å². The molecular formula is C43H63O4P. The molecule has 264 valence electrons. The molecule has 5 heteroatoms. The lowest BCUT2D eigenvalue weighted by atomic mass is 9.77. The molecule has 0 aliphatic rings. The zero-order valence-electron chi connectivity index (χ0n) is 33.1. The first-order valence-corrected chi connectivity index (χ1v) is 18.8. The summed E-state index contributed by atoms with van der Waals surface area (Å²) in [4.78, 5) is 0. The molecule has 3 aromatic carbocycles. The Hall–Kier alpha value is -2.68. The average Bonchev–Trinajstić information content (AvgIpc) is 3.06. The van der Waals surface area contributed by atoms with Crippen LogP contribution in [0.15, 0.2) is 44.8 Å². The van der Waals surface area contributed by atoms with E-state index in [1.54, 1.807) is 0 Å². The Bertz CT molecular complexity index is 1750. The second kappa shape index (κ2) is 12.9. The van der Waals surface area contributed by atoms with Gasteiger partial charge in [-0.15, -0.1) is 0 Å². The van der Waals surface area contributed by atoms with Gasteiger partial charge in [0, 0.05) is 21.9 Å². The summed E-state index contributed by atoms with van der Waals surface area (Å²) in [6.07, 6.45) is 0.824. The van der Waals surface area contributed by atoms with Gasteiger partial charge in [-0.05, 0) is 86.3 Å². The van der Waals surface area contributed by atoms with Crippen molar-refractivity contribution in [2.75, 3.05) is 6.61 Å². The number of phenolic OH excluding ortho intramolecular Hbond substituents is 1. The molecule has 1 unspecified atom stereocenters. The minimum Gasteiger partial charge on any atom is -0.507 e. The van der Waals surface area contributed by atoms with Crippen LogP contribution in [0.25, 0.3) is 21.9 Å². The number of aryl methyl sites for hydroxylation is 1. The Morgan fingerprint density at radius 1 is 0.604 bits per heavy atom. The van der Waals surface area contributed by atoms with Crippen molar-refractivity contribution < 1.29 is 18.0 Å². The second-order valence-electron chi connectivity index (χ2n) is 19.4. The number of aromatic hydroxyl groups is 1. The summed E-state index contributed by atoms with van der Waals surface area (Å²) in [5.74, 6) is 0.596. The van der Waals surface area contributed by atoms with Crippen LogP contribution in [-0.4, -0.2) is 11.7 Å². The van der Waals surface area contributed by atoms with Crippen LogP contribution in [0.2, 0.25) is 0 Å². The maximum absolute atomic E-state index is 10.8. The standard InChI is InChI=1S/C43H63O4P/c1-26(18-28-19-27(2)36(44)33(20-28)41(9,10)11)25-45-48-46-37-31(21-29(39(3,4)5)23-34(37)42(12,13)14)32-22-30(40(6,7)8)24-35(38(32)47-48)43(15,16)17/h19-24,26,44H,18,25H2,1-17H3. The predicted octanol–water partition coefficient (Wildman–Crippen LogP) is 13.1. The van der Waals surface area contributed by atoms with Gasteiger partial charge in [0.25, 0.3) is 0 Å². The van der Waals surface area contributed by atoms with E-state index in [0.29, 0.717) is 12.4 Å². The molecule has 0 aliphatic heterocycles. The number of phenols is 1. The molecule has 1 atom stereocenters. The van der Waals surface area contributed by atoms with Gasteiger partial charge in [-0.1, -0.05) is 135 Å². The molecule has 0 bridgehead atoms. The highest BCUT2D eigenvalue weighted by Crippen LogP contribution is 2.45. The number of rotatable bonds is 5. The van der Waals surface area contributed by atoms with Crippen LogP contribution in [0.1, 0.15) is 150 Å². The molecule has 1 heterocycles. The molecular weight excluding hydrogens is 611 g/mol. The van der Waals surface area contributed by atoms with Crippen molar-refractivity contribution in [3.8, 4) is 5.75 Å². The fourth-order valence-electron chi connectivity index (χ4n) is 6.25. The van der Waals surface area contributed by atoms with E-state index in [2.05, 4.69) is 147 Å². The van der Waals surface area contributed by atoms with Gasteiger partial charge in [-0.3, -0.25) is 4.52 Å². The summed E-state index contributed by atoms with van der Waals surface area (Å²) >= 11 is 0. The zero-order valence-corrected chi connectivity index (χ0v) is 34.0. The molecule has 0 spiro atoms. The SMILES string of the molecule is Cc1cc(CC(C)COp2oc3c(C(C)(C)C)cc(C(C)(C)C)cc3c3cc(C(C)(C)C)cc(C(C)(C)C)c3o2)cc(C(C)(C)C)c1O. The lowest BCUT2D eigenvalue weighted by molar-refractivity contribution is 0.308. The molecule has 1 N–H and O–H groups in total. The van der Waals surface area contributed by atoms with Gasteiger partial charge < -0.3 is 13.5 Å². The third-order valence-electron chi connectivity index (χ3n) is 9.36. The second-order valence-corrected chi connectivity index (χ2v) is 20.4. The highest BCUT2D eigenvalue weighted by molar-refractivity contribution is 7.31. The van der Waals surface area contributed by atoms with Gasteiger partial charge in [-0.2, -0.15) is 0 Å². The van der Waals surface area contributed by atoms with Gasteiger partial charge in [0.1, 0.15) is 16.9 Å². The normalized spacial score (nSPS) is 14.2. The van der Waals surface area contributed by atoms with Gasteiger partial charge in [0.05, 0.1) is 6.61 Å². The fourth-order valence-corrected chi connectivity index (χ4v) is 7.46. The number of fused-ring (bicyclic) bond motifs is 3. The quantitative estimate of drug-likeness (QED) is 0.229. The van der Waals surface area contributed by atoms with E-state index in [1.165, 1.54) is 27.8 Å². The maximum atomic E-state index is 10.8. The molecule has 0 radical (unpaired) electrons. The molecule has 4 nitrogen and oxygen atoms in total. The van der Waals surface area contributed by atoms with Crippen molar-refractivity contribution in [3.63, 3.8) is 0 Å². The molecule has 1 aromatic heterocycles. The summed E-state index contributed by atoms with van der Waals surface area (Å²) in [6.45, 7) is 38.3. The first-order chi connectivity index (χ1) is 21.7. The van der Waals surface area contributed by atoms with E-state index in [1.807, 2.05) is 6.92 Å². The molecule has 0 fully saturated rings. The van der Waals surface area contributed by atoms with E-state index < -0.39 is 8.24 Å². The highest BCUT2D eigenvalue weighted by Gasteiger charge is 2.29. The number of benzene rings is 3. The van der Waals surface area contributed by atoms with Crippen LogP contribution in [0.4, 0.5) is 0 Å². The third-order valence-corrected chi connectivity index (χ3v) is 10.4. The first kappa shape index (κ1) is 38.1. The Balaban J connectivity index is 1.97. The van der Waals surface area contributed by atoms with E-state index >= 15 is 0 Å². The van der Waals surface area contributed by atoms with Crippen LogP contribution in [0.5, 0.6) is 5.75 Å². The molecule has 48 heavy (non-hydrogen) atoms. The van der Waals surface area contributed by atoms with Crippen molar-refractivity contribution in [3.05, 3.63) is 75.3 Å². The number of hydrogen-bond acceptors (Lipinski definition) is 4. The molecule has 0 amide bonds. The summed E-state index contributed by atoms with van der Waals surface area (Å²) in [6, 6.07) is 13.6. The van der Waals surface area contributed by atoms with Crippen LogP contribution in [-0.2, 0) is 33.5 Å². The van der Waals surface area contributed by atoms with Crippen molar-refractivity contribution >= 4 is 30.2 Å². The van der Waals surface area contributed by atoms with Gasteiger partial charge in [-0.25, -0.2) is 0 Å². The van der Waals surface area contributed by atoms with Crippen molar-refractivity contribution in [2.24, 2.45) is 5.92 Å². The Morgan fingerprint density at radius 3 is 1.40 bits per heavy atom. The lowest BCUT2D eigenvalue weighted by Gasteiger charge is -2.27. The Labute approximate surface area is 292 Å². The van der Waals surface area contributed by atoms with E-state index in [-0.39, 0.29) is 33.0 Å². The average molecular weight is 675 g/mol. The Morgan fingerprint density at radius 2 is 1.02 bits per heavy atom. The number of hydrogen-bond donors (Lipinski definition) is 1. The summed E-state index contributed by atoms with van der Waals surface area (Å²) in [5.41, 5.74) is 9.12. The molecule has 4 aromatic rings. The van der Waals surface area contributed by atoms with Crippen LogP contribution >= 0.6 is 8.24 Å². The summed E-state index contributed by atoms with van der Waals surface area (Å²) in [7, 11) is -1.76. The Kier molecular flexibility index (Phi) is 10.2. The highest BCUT2D eigenvalue weighted by atomic mass is 31.1. The van der Waals surface area contributed by atoms with Crippen LogP contribution < -0.4 is 4.52 Å². The van der Waals surface area contributed by atoms with Crippen molar-refractivity contribution in [1.29, 1.82) is 0 Å². The molecule has 0 saturated carbocycles. The lowest BCUT2D eigenvalue weighted by Crippen LogP contribution is -2.17. The monoisotopic (exact) mass is 674 g/mol. The third kappa shape index (κ3) is 8.36. The molecule has 0 aliphatic carbocycles. The first-order valence-electron chi connectivity index (χ1n) is 17.7. The summed E-state index contributed by atoms with van der Waals surface area (Å²) < 4.78 is 20.6. The molecule has 4 rings (SSSR count). The van der Waals surface area contributed by atoms with Gasteiger partial charge in [0.2, 0.25) is 0 Å². The van der Waals surface area contributed by atoms with Gasteiger partial charge >= 0.3 is 8.24 Å². The van der Waals surface area contributed by atoms with Gasteiger partial charge in [0.15, 0.2) is 0 Å². The zero-order chi connectivity index (χ0) is 36.4. The van der Waals surface area contributed by atoms with Crippen LogP contribution in [0.3, 0.4) is 0 Å². The smallest absolute Gasteiger partial charge is 0.387 e. The largest absolute Gasteiger partial charge is 0.507 e. The maximum Gasteiger partial charge on any atom is 0.387 e.